The van der Waals surface area contributed by atoms with Gasteiger partial charge in [0.2, 0.25) is 0 Å². The van der Waals surface area contributed by atoms with Crippen LogP contribution in [0.1, 0.15) is 13.3 Å². The Morgan fingerprint density at radius 3 is 2.73 bits per heavy atom. The first-order chi connectivity index (χ1) is 10.5. The molecule has 1 unspecified atom stereocenters. The first-order valence-corrected chi connectivity index (χ1v) is 7.51. The van der Waals surface area contributed by atoms with E-state index in [1.165, 1.54) is 4.90 Å². The number of carbonyl (C=O) groups is 2. The number of aliphatic carboxylic acids is 1. The molecule has 0 aromatic heterocycles. The normalized spacial score (nSPS) is 18.8. The van der Waals surface area contributed by atoms with Crippen molar-refractivity contribution in [1.82, 2.24) is 10.2 Å². The first kappa shape index (κ1) is 16.4. The molecule has 0 bridgehead atoms. The Labute approximate surface area is 134 Å². The molecule has 7 heteroatoms. The minimum Gasteiger partial charge on any atom is -0.489 e. The van der Waals surface area contributed by atoms with Crippen LogP contribution in [0.4, 0.5) is 4.79 Å². The number of likely N-dealkylation sites (tertiary alicyclic amines) is 1. The molecule has 0 aliphatic carbocycles. The van der Waals surface area contributed by atoms with E-state index in [1.54, 1.807) is 24.3 Å². The Balaban J connectivity index is 1.74. The predicted molar refractivity (Wildman–Crippen MR) is 82.3 cm³/mol. The van der Waals surface area contributed by atoms with Crippen LogP contribution in [0.5, 0.6) is 5.75 Å². The average molecular weight is 327 g/mol. The van der Waals surface area contributed by atoms with E-state index in [-0.39, 0.29) is 18.7 Å². The van der Waals surface area contributed by atoms with Gasteiger partial charge in [-0.05, 0) is 37.6 Å². The summed E-state index contributed by atoms with van der Waals surface area (Å²) < 4.78 is 5.66. The predicted octanol–water partition coefficient (Wildman–Crippen LogP) is 2.22. The summed E-state index contributed by atoms with van der Waals surface area (Å²) in [5, 5.41) is 12.3. The highest BCUT2D eigenvalue weighted by atomic mass is 35.5. The van der Waals surface area contributed by atoms with Crippen molar-refractivity contribution in [3.05, 3.63) is 29.3 Å². The Hall–Kier alpha value is -1.95. The van der Waals surface area contributed by atoms with Gasteiger partial charge in [-0.25, -0.2) is 4.79 Å². The Morgan fingerprint density at radius 2 is 2.14 bits per heavy atom. The molecule has 120 valence electrons. The number of nitrogens with zero attached hydrogens (tertiary/aromatic N) is 1. The average Bonchev–Trinajstić information content (AvgIpc) is 2.97. The maximum Gasteiger partial charge on any atom is 0.317 e. The number of halogens is 1. The highest BCUT2D eigenvalue weighted by Crippen LogP contribution is 2.17. The van der Waals surface area contributed by atoms with Crippen LogP contribution in [0.15, 0.2) is 24.3 Å². The Morgan fingerprint density at radius 1 is 1.45 bits per heavy atom. The molecule has 1 aromatic carbocycles. The molecule has 0 radical (unpaired) electrons. The van der Waals surface area contributed by atoms with Crippen LogP contribution >= 0.6 is 11.6 Å². The molecule has 1 aliphatic heterocycles. The fourth-order valence-electron chi connectivity index (χ4n) is 2.28. The number of urea groups is 1. The molecule has 2 amide bonds. The van der Waals surface area contributed by atoms with Crippen molar-refractivity contribution in [2.45, 2.75) is 19.4 Å². The van der Waals surface area contributed by atoms with Crippen molar-refractivity contribution in [2.24, 2.45) is 5.92 Å². The number of rotatable bonds is 5. The summed E-state index contributed by atoms with van der Waals surface area (Å²) in [6, 6.07) is 6.74. The van der Waals surface area contributed by atoms with Crippen LogP contribution in [0.3, 0.4) is 0 Å². The standard InChI is InChI=1S/C15H19ClN2O4/c1-10(22-13-4-2-12(16)3-5-13)8-17-15(21)18-7-6-11(9-18)14(19)20/h2-5,10-11H,6-9H2,1H3,(H,17,21)(H,19,20)/t10-,11?/m0/s1. The Bertz CT molecular complexity index is 535. The molecular formula is C15H19ClN2O4. The van der Waals surface area contributed by atoms with Crippen LogP contribution in [-0.2, 0) is 4.79 Å². The second kappa shape index (κ2) is 7.35. The molecule has 1 aliphatic rings. The van der Waals surface area contributed by atoms with Crippen molar-refractivity contribution in [1.29, 1.82) is 0 Å². The monoisotopic (exact) mass is 326 g/mol. The second-order valence-corrected chi connectivity index (χ2v) is 5.77. The van der Waals surface area contributed by atoms with Gasteiger partial charge in [-0.2, -0.15) is 0 Å². The molecule has 0 spiro atoms. The van der Waals surface area contributed by atoms with E-state index in [1.807, 2.05) is 6.92 Å². The summed E-state index contributed by atoms with van der Waals surface area (Å²) >= 11 is 5.80. The summed E-state index contributed by atoms with van der Waals surface area (Å²) in [4.78, 5) is 24.4. The van der Waals surface area contributed by atoms with Crippen molar-refractivity contribution >= 4 is 23.6 Å². The van der Waals surface area contributed by atoms with Crippen LogP contribution in [0.25, 0.3) is 0 Å². The van der Waals surface area contributed by atoms with Gasteiger partial charge in [0.15, 0.2) is 0 Å². The van der Waals surface area contributed by atoms with Crippen molar-refractivity contribution in [3.63, 3.8) is 0 Å². The molecule has 22 heavy (non-hydrogen) atoms. The molecule has 6 nitrogen and oxygen atoms in total. The van der Waals surface area contributed by atoms with Gasteiger partial charge in [-0.15, -0.1) is 0 Å². The summed E-state index contributed by atoms with van der Waals surface area (Å²) in [7, 11) is 0. The largest absolute Gasteiger partial charge is 0.489 e. The maximum atomic E-state index is 12.0. The minimum atomic E-state index is -0.852. The van der Waals surface area contributed by atoms with Crippen LogP contribution in [-0.4, -0.2) is 47.7 Å². The molecule has 1 aromatic rings. The van der Waals surface area contributed by atoms with Gasteiger partial charge >= 0.3 is 12.0 Å². The molecule has 2 rings (SSSR count). The van der Waals surface area contributed by atoms with Gasteiger partial charge in [0.25, 0.3) is 0 Å². The van der Waals surface area contributed by atoms with E-state index in [4.69, 9.17) is 21.4 Å². The zero-order valence-electron chi connectivity index (χ0n) is 12.3. The van der Waals surface area contributed by atoms with E-state index < -0.39 is 11.9 Å². The third-order valence-electron chi connectivity index (χ3n) is 3.52. The number of ether oxygens (including phenoxy) is 1. The number of nitrogens with one attached hydrogen (secondary N) is 1. The molecule has 1 saturated heterocycles. The van der Waals surface area contributed by atoms with Crippen molar-refractivity contribution in [2.75, 3.05) is 19.6 Å². The number of hydrogen-bond donors (Lipinski definition) is 2. The lowest BCUT2D eigenvalue weighted by atomic mass is 10.1. The molecule has 2 atom stereocenters. The van der Waals surface area contributed by atoms with E-state index in [9.17, 15) is 9.59 Å². The molecule has 0 saturated carbocycles. The van der Waals surface area contributed by atoms with Crippen LogP contribution in [0.2, 0.25) is 5.02 Å². The van der Waals surface area contributed by atoms with Crippen LogP contribution in [0, 0.1) is 5.92 Å². The van der Waals surface area contributed by atoms with E-state index in [2.05, 4.69) is 5.32 Å². The fraction of sp³-hybridized carbons (Fsp3) is 0.467. The molecule has 2 N–H and O–H groups in total. The number of carboxylic acids is 1. The van der Waals surface area contributed by atoms with E-state index in [0.29, 0.717) is 30.3 Å². The third kappa shape index (κ3) is 4.53. The minimum absolute atomic E-state index is 0.206. The van der Waals surface area contributed by atoms with Gasteiger partial charge in [-0.1, -0.05) is 11.6 Å². The number of benzene rings is 1. The lowest BCUT2D eigenvalue weighted by Crippen LogP contribution is -2.42. The first-order valence-electron chi connectivity index (χ1n) is 7.13. The maximum absolute atomic E-state index is 12.0. The Kier molecular flexibility index (Phi) is 5.49. The lowest BCUT2D eigenvalue weighted by molar-refractivity contribution is -0.141. The quantitative estimate of drug-likeness (QED) is 0.869. The van der Waals surface area contributed by atoms with Gasteiger partial charge in [-0.3, -0.25) is 4.79 Å². The zero-order valence-corrected chi connectivity index (χ0v) is 13.0. The molecule has 1 heterocycles. The van der Waals surface area contributed by atoms with E-state index >= 15 is 0 Å². The topological polar surface area (TPSA) is 78.9 Å². The second-order valence-electron chi connectivity index (χ2n) is 5.34. The van der Waals surface area contributed by atoms with Crippen molar-refractivity contribution in [3.8, 4) is 5.75 Å². The van der Waals surface area contributed by atoms with Gasteiger partial charge in [0.1, 0.15) is 11.9 Å². The summed E-state index contributed by atoms with van der Waals surface area (Å²) in [5.41, 5.74) is 0. The lowest BCUT2D eigenvalue weighted by Gasteiger charge is -2.20. The number of amides is 2. The summed E-state index contributed by atoms with van der Waals surface area (Å²) in [6.45, 7) is 2.91. The summed E-state index contributed by atoms with van der Waals surface area (Å²) in [5.74, 6) is -0.638. The highest BCUT2D eigenvalue weighted by molar-refractivity contribution is 6.30. The summed E-state index contributed by atoms with van der Waals surface area (Å²) in [6.07, 6.45) is 0.294. The smallest absolute Gasteiger partial charge is 0.317 e. The highest BCUT2D eigenvalue weighted by Gasteiger charge is 2.30. The fourth-order valence-corrected chi connectivity index (χ4v) is 2.40. The van der Waals surface area contributed by atoms with Gasteiger partial charge in [0.05, 0.1) is 12.5 Å². The third-order valence-corrected chi connectivity index (χ3v) is 3.77. The zero-order chi connectivity index (χ0) is 16.1. The number of hydrogen-bond acceptors (Lipinski definition) is 3. The van der Waals surface area contributed by atoms with Crippen LogP contribution < -0.4 is 10.1 Å². The van der Waals surface area contributed by atoms with Gasteiger partial charge < -0.3 is 20.1 Å². The number of carbonyl (C=O) groups excluding carboxylic acids is 1. The van der Waals surface area contributed by atoms with Crippen molar-refractivity contribution < 1.29 is 19.4 Å². The molecular weight excluding hydrogens is 308 g/mol. The SMILES string of the molecule is C[C@@H](CNC(=O)N1CCC(C(=O)O)C1)Oc1ccc(Cl)cc1. The van der Waals surface area contributed by atoms with E-state index in [0.717, 1.165) is 0 Å². The van der Waals surface area contributed by atoms with Gasteiger partial charge in [0, 0.05) is 18.1 Å². The molecule has 1 fully saturated rings. The number of carboxylic acid groups (broad SMARTS) is 1.